The van der Waals surface area contributed by atoms with Crippen molar-refractivity contribution < 1.29 is 0 Å². The summed E-state index contributed by atoms with van der Waals surface area (Å²) in [5, 5.41) is 16.9. The number of hydrogen-bond acceptors (Lipinski definition) is 2. The summed E-state index contributed by atoms with van der Waals surface area (Å²) >= 11 is 0. The Morgan fingerprint density at radius 3 is 1.91 bits per heavy atom. The van der Waals surface area contributed by atoms with E-state index in [2.05, 4.69) is 164 Å². The third-order valence-corrected chi connectivity index (χ3v) is 8.59. The molecule has 2 nitrogen and oxygen atoms in total. The zero-order chi connectivity index (χ0) is 30.2. The molecule has 210 valence electrons. The first kappa shape index (κ1) is 27.2. The van der Waals surface area contributed by atoms with Crippen molar-refractivity contribution in [2.24, 2.45) is 0 Å². The molecule has 0 saturated heterocycles. The molecule has 0 amide bonds. The molecule has 0 fully saturated rings. The van der Waals surface area contributed by atoms with Gasteiger partial charge in [0.2, 0.25) is 0 Å². The van der Waals surface area contributed by atoms with Crippen LogP contribution in [0.1, 0.15) is 33.4 Å². The first-order chi connectivity index (χ1) is 21.5. The third-order valence-electron chi connectivity index (χ3n) is 8.59. The van der Waals surface area contributed by atoms with Crippen molar-refractivity contribution >= 4 is 61.5 Å². The van der Waals surface area contributed by atoms with Crippen LogP contribution in [0.15, 0.2) is 127 Å². The Bertz CT molecular complexity index is 2240. The van der Waals surface area contributed by atoms with Gasteiger partial charge >= 0.3 is 0 Å². The van der Waals surface area contributed by atoms with E-state index in [0.29, 0.717) is 0 Å². The molecule has 7 aromatic carbocycles. The van der Waals surface area contributed by atoms with Crippen molar-refractivity contribution in [2.75, 3.05) is 4.90 Å². The summed E-state index contributed by atoms with van der Waals surface area (Å²) in [4.78, 5) is 2.33. The van der Waals surface area contributed by atoms with E-state index in [9.17, 15) is 5.26 Å². The molecule has 0 bridgehead atoms. The fraction of sp³-hybridized carbons (Fsp3) is 0.0714. The number of benzene rings is 7. The molecule has 7 aromatic rings. The number of rotatable bonds is 5. The molecule has 0 atom stereocenters. The van der Waals surface area contributed by atoms with Gasteiger partial charge in [0.15, 0.2) is 0 Å². The van der Waals surface area contributed by atoms with Gasteiger partial charge < -0.3 is 4.90 Å². The van der Waals surface area contributed by atoms with Gasteiger partial charge in [0.25, 0.3) is 0 Å². The molecule has 2 heteroatoms. The summed E-state index contributed by atoms with van der Waals surface area (Å²) in [6, 6.07) is 47.8. The number of fused-ring (bicyclic) bond motifs is 4. The molecule has 44 heavy (non-hydrogen) atoms. The van der Waals surface area contributed by atoms with Gasteiger partial charge in [-0.05, 0) is 95.4 Å². The van der Waals surface area contributed by atoms with Crippen LogP contribution in [0.4, 0.5) is 17.1 Å². The van der Waals surface area contributed by atoms with Crippen molar-refractivity contribution in [3.63, 3.8) is 0 Å². The van der Waals surface area contributed by atoms with Gasteiger partial charge in [0.1, 0.15) is 6.07 Å². The minimum atomic E-state index is 0.756. The summed E-state index contributed by atoms with van der Waals surface area (Å²) in [6.07, 6.45) is 4.32. The van der Waals surface area contributed by atoms with Gasteiger partial charge in [0.05, 0.1) is 11.3 Å². The normalized spacial score (nSPS) is 11.4. The van der Waals surface area contributed by atoms with E-state index in [1.165, 1.54) is 27.3 Å². The van der Waals surface area contributed by atoms with Crippen molar-refractivity contribution in [2.45, 2.75) is 20.8 Å². The average molecular weight is 565 g/mol. The van der Waals surface area contributed by atoms with Crippen molar-refractivity contribution in [1.82, 2.24) is 0 Å². The number of hydrogen-bond donors (Lipinski definition) is 0. The minimum absolute atomic E-state index is 0.756. The van der Waals surface area contributed by atoms with Crippen LogP contribution in [-0.4, -0.2) is 0 Å². The molecule has 0 heterocycles. The Kier molecular flexibility index (Phi) is 6.93. The van der Waals surface area contributed by atoms with E-state index in [4.69, 9.17) is 0 Å². The SMILES string of the molecule is Cc1ccc(N(c2ccc(/C=C/c3ccc4c(C#N)c(C)c5ccc(C)cc5c4c3)cc2)c2cccc3ccccc23)cc1. The van der Waals surface area contributed by atoms with Crippen molar-refractivity contribution in [3.05, 3.63) is 161 Å². The van der Waals surface area contributed by atoms with Crippen LogP contribution in [0.5, 0.6) is 0 Å². The predicted octanol–water partition coefficient (Wildman–Crippen LogP) is 11.6. The van der Waals surface area contributed by atoms with Gasteiger partial charge in [-0.3, -0.25) is 0 Å². The fourth-order valence-electron chi connectivity index (χ4n) is 6.25. The number of nitriles is 1. The molecular formula is C42H32N2. The van der Waals surface area contributed by atoms with Gasteiger partial charge in [-0.15, -0.1) is 0 Å². The zero-order valence-corrected chi connectivity index (χ0v) is 25.2. The van der Waals surface area contributed by atoms with E-state index < -0.39 is 0 Å². The molecule has 0 N–H and O–H groups in total. The van der Waals surface area contributed by atoms with E-state index >= 15 is 0 Å². The highest BCUT2D eigenvalue weighted by Crippen LogP contribution is 2.39. The van der Waals surface area contributed by atoms with E-state index in [1.54, 1.807) is 0 Å². The average Bonchev–Trinajstić information content (AvgIpc) is 3.06. The van der Waals surface area contributed by atoms with E-state index in [-0.39, 0.29) is 0 Å². The highest BCUT2D eigenvalue weighted by Gasteiger charge is 2.15. The Labute approximate surface area is 258 Å². The maximum Gasteiger partial charge on any atom is 0.100 e. The van der Waals surface area contributed by atoms with Crippen molar-refractivity contribution in [1.29, 1.82) is 5.26 Å². The molecule has 0 unspecified atom stereocenters. The lowest BCUT2D eigenvalue weighted by Crippen LogP contribution is -2.10. The number of nitrogens with zero attached hydrogens (tertiary/aromatic N) is 2. The zero-order valence-electron chi connectivity index (χ0n) is 25.2. The first-order valence-electron chi connectivity index (χ1n) is 15.0. The van der Waals surface area contributed by atoms with Gasteiger partial charge in [-0.2, -0.15) is 5.26 Å². The van der Waals surface area contributed by atoms with Crippen LogP contribution < -0.4 is 4.90 Å². The van der Waals surface area contributed by atoms with Crippen LogP contribution in [0, 0.1) is 32.1 Å². The molecule has 0 radical (unpaired) electrons. The monoisotopic (exact) mass is 564 g/mol. The summed E-state index contributed by atoms with van der Waals surface area (Å²) in [6.45, 7) is 6.29. The summed E-state index contributed by atoms with van der Waals surface area (Å²) in [7, 11) is 0. The number of anilines is 3. The Morgan fingerprint density at radius 2 is 1.14 bits per heavy atom. The minimum Gasteiger partial charge on any atom is -0.310 e. The van der Waals surface area contributed by atoms with Crippen LogP contribution in [-0.2, 0) is 0 Å². The standard InChI is InChI=1S/C42H32N2/c1-28-11-19-34(20-12-28)44(42-10-6-8-33-7-4-5-9-37(33)42)35-21-16-31(17-22-35)14-15-32-18-24-38-40(26-32)39-25-29(2)13-23-36(39)30(3)41(38)27-43/h4-26H,1-3H3/b15-14+. The second-order valence-electron chi connectivity index (χ2n) is 11.6. The molecule has 0 aliphatic heterocycles. The quantitative estimate of drug-likeness (QED) is 0.154. The largest absolute Gasteiger partial charge is 0.310 e. The maximum absolute atomic E-state index is 9.96. The van der Waals surface area contributed by atoms with Crippen LogP contribution in [0.3, 0.4) is 0 Å². The Hall–Kier alpha value is -5.65. The molecule has 7 rings (SSSR count). The first-order valence-corrected chi connectivity index (χ1v) is 15.0. The Balaban J connectivity index is 1.26. The number of aryl methyl sites for hydroxylation is 3. The second-order valence-corrected chi connectivity index (χ2v) is 11.6. The summed E-state index contributed by atoms with van der Waals surface area (Å²) in [5.74, 6) is 0. The van der Waals surface area contributed by atoms with Crippen LogP contribution >= 0.6 is 0 Å². The molecule has 0 aromatic heterocycles. The molecule has 0 aliphatic carbocycles. The fourth-order valence-corrected chi connectivity index (χ4v) is 6.25. The molecular weight excluding hydrogens is 532 g/mol. The van der Waals surface area contributed by atoms with E-state index in [0.717, 1.165) is 55.5 Å². The maximum atomic E-state index is 9.96. The predicted molar refractivity (Wildman–Crippen MR) is 188 cm³/mol. The van der Waals surface area contributed by atoms with Crippen LogP contribution in [0.25, 0.3) is 44.5 Å². The summed E-state index contributed by atoms with van der Waals surface area (Å²) in [5.41, 5.74) is 9.87. The lowest BCUT2D eigenvalue weighted by Gasteiger charge is -2.27. The van der Waals surface area contributed by atoms with Crippen molar-refractivity contribution in [3.8, 4) is 6.07 Å². The van der Waals surface area contributed by atoms with Gasteiger partial charge in [-0.25, -0.2) is 0 Å². The third kappa shape index (κ3) is 4.89. The van der Waals surface area contributed by atoms with Gasteiger partial charge in [-0.1, -0.05) is 114 Å². The molecule has 0 spiro atoms. The summed E-state index contributed by atoms with van der Waals surface area (Å²) < 4.78 is 0. The highest BCUT2D eigenvalue weighted by molar-refractivity contribution is 6.12. The lowest BCUT2D eigenvalue weighted by molar-refractivity contribution is 1.29. The molecule has 0 saturated carbocycles. The van der Waals surface area contributed by atoms with Gasteiger partial charge in [0, 0.05) is 22.1 Å². The van der Waals surface area contributed by atoms with Crippen LogP contribution in [0.2, 0.25) is 0 Å². The lowest BCUT2D eigenvalue weighted by atomic mass is 9.91. The Morgan fingerprint density at radius 1 is 0.523 bits per heavy atom. The second kappa shape index (κ2) is 11.2. The molecule has 0 aliphatic rings. The topological polar surface area (TPSA) is 27.0 Å². The highest BCUT2D eigenvalue weighted by atomic mass is 15.1. The van der Waals surface area contributed by atoms with E-state index in [1.807, 2.05) is 6.92 Å². The smallest absolute Gasteiger partial charge is 0.100 e.